The maximum atomic E-state index is 13.0. The molecule has 2 aliphatic rings. The van der Waals surface area contributed by atoms with Gasteiger partial charge in [-0.2, -0.15) is 0 Å². The standard InChI is InChI=1S/C21H27ClN4OS/c1-16-23-19(15-28-16)14-24-7-5-17(6-8-24)21(27)26-11-9-25(10-12-26)20-4-2-3-18(22)13-20/h2-4,13,15,17H,5-12,14H2,1H3. The molecule has 0 bridgehead atoms. The second-order valence-electron chi connectivity index (χ2n) is 7.70. The van der Waals surface area contributed by atoms with Crippen LogP contribution in [0.5, 0.6) is 0 Å². The van der Waals surface area contributed by atoms with Gasteiger partial charge in [-0.15, -0.1) is 11.3 Å². The van der Waals surface area contributed by atoms with Crippen LogP contribution in [0.15, 0.2) is 29.6 Å². The first-order chi connectivity index (χ1) is 13.6. The molecule has 2 fully saturated rings. The van der Waals surface area contributed by atoms with Crippen LogP contribution in [0.25, 0.3) is 0 Å². The Hall–Kier alpha value is -1.63. The van der Waals surface area contributed by atoms with Crippen molar-refractivity contribution >= 4 is 34.5 Å². The fourth-order valence-electron chi connectivity index (χ4n) is 4.16. The number of thiazole rings is 1. The molecule has 0 atom stereocenters. The van der Waals surface area contributed by atoms with Gasteiger partial charge in [0.1, 0.15) is 0 Å². The number of hydrogen-bond acceptors (Lipinski definition) is 5. The van der Waals surface area contributed by atoms with Crippen molar-refractivity contribution in [3.63, 3.8) is 0 Å². The molecular weight excluding hydrogens is 392 g/mol. The van der Waals surface area contributed by atoms with E-state index in [1.165, 1.54) is 0 Å². The van der Waals surface area contributed by atoms with E-state index in [0.29, 0.717) is 5.91 Å². The van der Waals surface area contributed by atoms with Gasteiger partial charge in [-0.3, -0.25) is 9.69 Å². The van der Waals surface area contributed by atoms with E-state index in [2.05, 4.69) is 31.1 Å². The first-order valence-electron chi connectivity index (χ1n) is 10.0. The van der Waals surface area contributed by atoms with E-state index in [0.717, 1.165) is 80.1 Å². The summed E-state index contributed by atoms with van der Waals surface area (Å²) >= 11 is 7.82. The molecule has 2 aromatic rings. The fourth-order valence-corrected chi connectivity index (χ4v) is 4.95. The Morgan fingerprint density at radius 3 is 2.57 bits per heavy atom. The zero-order valence-electron chi connectivity index (χ0n) is 16.3. The number of halogens is 1. The molecule has 0 radical (unpaired) electrons. The monoisotopic (exact) mass is 418 g/mol. The fraction of sp³-hybridized carbons (Fsp3) is 0.524. The van der Waals surface area contributed by atoms with Gasteiger partial charge in [0.2, 0.25) is 5.91 Å². The molecule has 0 spiro atoms. The third-order valence-electron chi connectivity index (χ3n) is 5.75. The van der Waals surface area contributed by atoms with Gasteiger partial charge in [-0.25, -0.2) is 4.98 Å². The molecule has 5 nitrogen and oxygen atoms in total. The summed E-state index contributed by atoms with van der Waals surface area (Å²) in [5.74, 6) is 0.515. The highest BCUT2D eigenvalue weighted by molar-refractivity contribution is 7.09. The number of benzene rings is 1. The Morgan fingerprint density at radius 1 is 1.18 bits per heavy atom. The number of amides is 1. The van der Waals surface area contributed by atoms with Gasteiger partial charge in [0.15, 0.2) is 0 Å². The first-order valence-corrected chi connectivity index (χ1v) is 11.3. The average Bonchev–Trinajstić information content (AvgIpc) is 3.13. The van der Waals surface area contributed by atoms with Crippen molar-refractivity contribution in [3.05, 3.63) is 45.4 Å². The van der Waals surface area contributed by atoms with Gasteiger partial charge in [-0.1, -0.05) is 17.7 Å². The van der Waals surface area contributed by atoms with E-state index in [1.807, 2.05) is 25.1 Å². The van der Waals surface area contributed by atoms with Crippen molar-refractivity contribution in [3.8, 4) is 0 Å². The highest BCUT2D eigenvalue weighted by Crippen LogP contribution is 2.24. The number of aromatic nitrogens is 1. The normalized spacial score (nSPS) is 19.2. The Kier molecular flexibility index (Phi) is 6.19. The number of piperazine rings is 1. The summed E-state index contributed by atoms with van der Waals surface area (Å²) in [7, 11) is 0. The van der Waals surface area contributed by atoms with Crippen LogP contribution in [-0.2, 0) is 11.3 Å². The predicted molar refractivity (Wildman–Crippen MR) is 115 cm³/mol. The lowest BCUT2D eigenvalue weighted by Crippen LogP contribution is -2.51. The highest BCUT2D eigenvalue weighted by Gasteiger charge is 2.30. The van der Waals surface area contributed by atoms with Crippen molar-refractivity contribution in [1.82, 2.24) is 14.8 Å². The van der Waals surface area contributed by atoms with Gasteiger partial charge in [-0.05, 0) is 51.1 Å². The smallest absolute Gasteiger partial charge is 0.225 e. The minimum atomic E-state index is 0.172. The Bertz CT molecular complexity index is 810. The minimum absolute atomic E-state index is 0.172. The number of aryl methyl sites for hydroxylation is 1. The molecule has 150 valence electrons. The van der Waals surface area contributed by atoms with Gasteiger partial charge >= 0.3 is 0 Å². The molecule has 1 amide bonds. The molecule has 0 N–H and O–H groups in total. The number of rotatable bonds is 4. The van der Waals surface area contributed by atoms with E-state index in [1.54, 1.807) is 11.3 Å². The molecule has 1 aromatic carbocycles. The molecule has 3 heterocycles. The summed E-state index contributed by atoms with van der Waals surface area (Å²) in [6.07, 6.45) is 1.91. The van der Waals surface area contributed by atoms with E-state index >= 15 is 0 Å². The second kappa shape index (κ2) is 8.80. The maximum absolute atomic E-state index is 13.0. The van der Waals surface area contributed by atoms with Crippen LogP contribution in [0, 0.1) is 12.8 Å². The maximum Gasteiger partial charge on any atom is 0.225 e. The number of nitrogens with zero attached hydrogens (tertiary/aromatic N) is 4. The van der Waals surface area contributed by atoms with Crippen LogP contribution in [0.2, 0.25) is 5.02 Å². The van der Waals surface area contributed by atoms with Crippen LogP contribution < -0.4 is 4.90 Å². The van der Waals surface area contributed by atoms with Crippen molar-refractivity contribution < 1.29 is 4.79 Å². The van der Waals surface area contributed by atoms with Crippen molar-refractivity contribution in [1.29, 1.82) is 0 Å². The molecule has 1 aromatic heterocycles. The summed E-state index contributed by atoms with van der Waals surface area (Å²) in [6.45, 7) is 8.25. The van der Waals surface area contributed by atoms with Gasteiger partial charge in [0.05, 0.1) is 10.7 Å². The Labute approximate surface area is 175 Å². The lowest BCUT2D eigenvalue weighted by molar-refractivity contribution is -0.137. The zero-order valence-corrected chi connectivity index (χ0v) is 17.9. The largest absolute Gasteiger partial charge is 0.368 e. The third kappa shape index (κ3) is 4.67. The number of carbonyl (C=O) groups excluding carboxylic acids is 1. The molecule has 2 aliphatic heterocycles. The second-order valence-corrected chi connectivity index (χ2v) is 9.20. The number of anilines is 1. The van der Waals surface area contributed by atoms with Crippen molar-refractivity contribution in [2.24, 2.45) is 5.92 Å². The number of piperidine rings is 1. The molecule has 0 saturated carbocycles. The quantitative estimate of drug-likeness (QED) is 0.759. The Morgan fingerprint density at radius 2 is 1.93 bits per heavy atom. The van der Waals surface area contributed by atoms with Crippen LogP contribution >= 0.6 is 22.9 Å². The van der Waals surface area contributed by atoms with Gasteiger partial charge < -0.3 is 9.80 Å². The lowest BCUT2D eigenvalue weighted by Gasteiger charge is -2.39. The van der Waals surface area contributed by atoms with Crippen LogP contribution in [0.4, 0.5) is 5.69 Å². The van der Waals surface area contributed by atoms with Gasteiger partial charge in [0, 0.05) is 54.7 Å². The van der Waals surface area contributed by atoms with Crippen LogP contribution in [0.3, 0.4) is 0 Å². The van der Waals surface area contributed by atoms with E-state index in [-0.39, 0.29) is 5.92 Å². The zero-order chi connectivity index (χ0) is 19.5. The number of likely N-dealkylation sites (tertiary alicyclic amines) is 1. The summed E-state index contributed by atoms with van der Waals surface area (Å²) in [5, 5.41) is 4.03. The molecule has 7 heteroatoms. The SMILES string of the molecule is Cc1nc(CN2CCC(C(=O)N3CCN(c4cccc(Cl)c4)CC3)CC2)cs1. The van der Waals surface area contributed by atoms with E-state index < -0.39 is 0 Å². The summed E-state index contributed by atoms with van der Waals surface area (Å²) in [5.41, 5.74) is 2.30. The van der Waals surface area contributed by atoms with Crippen molar-refractivity contribution in [2.75, 3.05) is 44.2 Å². The van der Waals surface area contributed by atoms with E-state index in [9.17, 15) is 4.79 Å². The van der Waals surface area contributed by atoms with Gasteiger partial charge in [0.25, 0.3) is 0 Å². The molecule has 0 aliphatic carbocycles. The Balaban J connectivity index is 1.24. The molecule has 0 unspecified atom stereocenters. The lowest BCUT2D eigenvalue weighted by atomic mass is 9.95. The van der Waals surface area contributed by atoms with Crippen LogP contribution in [0.1, 0.15) is 23.5 Å². The molecule has 28 heavy (non-hydrogen) atoms. The summed E-state index contributed by atoms with van der Waals surface area (Å²) < 4.78 is 0. The van der Waals surface area contributed by atoms with Crippen LogP contribution in [-0.4, -0.2) is 60.0 Å². The summed E-state index contributed by atoms with van der Waals surface area (Å²) in [6, 6.07) is 7.96. The van der Waals surface area contributed by atoms with Crippen molar-refractivity contribution in [2.45, 2.75) is 26.3 Å². The molecule has 2 saturated heterocycles. The predicted octanol–water partition coefficient (Wildman–Crippen LogP) is 3.67. The van der Waals surface area contributed by atoms with E-state index in [4.69, 9.17) is 11.6 Å². The number of hydrogen-bond donors (Lipinski definition) is 0. The molecular formula is C21H27ClN4OS. The molecule has 4 rings (SSSR count). The highest BCUT2D eigenvalue weighted by atomic mass is 35.5. The first kappa shape index (κ1) is 19.7. The topological polar surface area (TPSA) is 39.7 Å². The summed E-state index contributed by atoms with van der Waals surface area (Å²) in [4.78, 5) is 24.3. The third-order valence-corrected chi connectivity index (χ3v) is 6.81. The average molecular weight is 419 g/mol. The minimum Gasteiger partial charge on any atom is -0.368 e. The number of carbonyl (C=O) groups is 1.